The molecule has 6 atom stereocenters. The molecule has 0 heterocycles. The lowest BCUT2D eigenvalue weighted by Gasteiger charge is -2.25. The van der Waals surface area contributed by atoms with Gasteiger partial charge in [0.25, 0.3) is 0 Å². The van der Waals surface area contributed by atoms with E-state index in [0.717, 1.165) is 0 Å². The van der Waals surface area contributed by atoms with E-state index in [-0.39, 0.29) is 12.8 Å². The lowest BCUT2D eigenvalue weighted by Crippen LogP contribution is -2.59. The molecule has 166 valence electrons. The third kappa shape index (κ3) is 9.32. The number of hydrogen-bond acceptors (Lipinski definition) is 8. The Kier molecular flexibility index (Phi) is 10.8. The molecule has 0 aromatic carbocycles. The van der Waals surface area contributed by atoms with Gasteiger partial charge in [-0.15, -0.1) is 0 Å². The first kappa shape index (κ1) is 26.2. The van der Waals surface area contributed by atoms with Gasteiger partial charge in [-0.05, 0) is 27.2 Å². The Bertz CT molecular complexity index is 624. The maximum absolute atomic E-state index is 12.3. The molecular weight excluding hydrogens is 390 g/mol. The molecule has 13 heteroatoms. The van der Waals surface area contributed by atoms with E-state index in [1.54, 1.807) is 0 Å². The van der Waals surface area contributed by atoms with E-state index < -0.39 is 66.0 Å². The molecular formula is C16H29N5O8. The summed E-state index contributed by atoms with van der Waals surface area (Å²) in [6.45, 7) is 3.77. The normalized spacial score (nSPS) is 17.0. The van der Waals surface area contributed by atoms with Crippen LogP contribution in [-0.2, 0) is 24.0 Å². The van der Waals surface area contributed by atoms with Gasteiger partial charge in [0.15, 0.2) is 0 Å². The van der Waals surface area contributed by atoms with Crippen LogP contribution in [0.3, 0.4) is 0 Å². The molecule has 0 radical (unpaired) electrons. The fourth-order valence-corrected chi connectivity index (χ4v) is 2.08. The second kappa shape index (κ2) is 11.9. The molecule has 4 amide bonds. The molecule has 0 rings (SSSR count). The van der Waals surface area contributed by atoms with Crippen LogP contribution < -0.4 is 27.4 Å². The van der Waals surface area contributed by atoms with E-state index in [1.807, 2.05) is 0 Å². The maximum Gasteiger partial charge on any atom is 0.326 e. The predicted octanol–water partition coefficient (Wildman–Crippen LogP) is -4.10. The molecule has 0 saturated heterocycles. The van der Waals surface area contributed by atoms with E-state index in [1.165, 1.54) is 20.8 Å². The Labute approximate surface area is 167 Å². The Morgan fingerprint density at radius 1 is 0.862 bits per heavy atom. The van der Waals surface area contributed by atoms with Crippen LogP contribution in [0, 0.1) is 0 Å². The highest BCUT2D eigenvalue weighted by Gasteiger charge is 2.31. The Balaban J connectivity index is 5.05. The van der Waals surface area contributed by atoms with E-state index in [4.69, 9.17) is 16.6 Å². The van der Waals surface area contributed by atoms with Crippen LogP contribution in [0.4, 0.5) is 0 Å². The molecule has 0 aromatic rings. The minimum atomic E-state index is -1.54. The number of nitrogens with two attached hydrogens (primary N) is 2. The number of nitrogens with one attached hydrogen (secondary N) is 3. The van der Waals surface area contributed by atoms with Crippen LogP contribution in [0.25, 0.3) is 0 Å². The molecule has 0 bridgehead atoms. The first-order chi connectivity index (χ1) is 13.3. The van der Waals surface area contributed by atoms with Crippen molar-refractivity contribution in [2.45, 2.75) is 70.0 Å². The van der Waals surface area contributed by atoms with Crippen molar-refractivity contribution >= 4 is 29.6 Å². The number of aliphatic hydroxyl groups is 2. The molecule has 0 saturated carbocycles. The summed E-state index contributed by atoms with van der Waals surface area (Å²) in [7, 11) is 0. The Morgan fingerprint density at radius 3 is 1.83 bits per heavy atom. The summed E-state index contributed by atoms with van der Waals surface area (Å²) in [6, 6.07) is -5.45. The molecule has 0 aliphatic rings. The van der Waals surface area contributed by atoms with E-state index in [2.05, 4.69) is 16.0 Å². The number of amides is 4. The van der Waals surface area contributed by atoms with Gasteiger partial charge in [0.1, 0.15) is 24.2 Å². The number of carbonyl (C=O) groups excluding carboxylic acids is 4. The molecule has 0 aromatic heterocycles. The Morgan fingerprint density at radius 2 is 1.41 bits per heavy atom. The number of aliphatic carboxylic acids is 1. The van der Waals surface area contributed by atoms with Crippen LogP contribution in [0.1, 0.15) is 33.6 Å². The third-order valence-electron chi connectivity index (χ3n) is 3.93. The highest BCUT2D eigenvalue weighted by Crippen LogP contribution is 2.02. The van der Waals surface area contributed by atoms with Gasteiger partial charge < -0.3 is 42.7 Å². The fraction of sp³-hybridized carbons (Fsp3) is 0.688. The van der Waals surface area contributed by atoms with Crippen molar-refractivity contribution in [1.82, 2.24) is 16.0 Å². The van der Waals surface area contributed by atoms with Crippen LogP contribution in [0.15, 0.2) is 0 Å². The van der Waals surface area contributed by atoms with Gasteiger partial charge in [0, 0.05) is 6.42 Å². The van der Waals surface area contributed by atoms with Gasteiger partial charge in [-0.25, -0.2) is 4.79 Å². The van der Waals surface area contributed by atoms with Crippen LogP contribution in [0.2, 0.25) is 0 Å². The summed E-state index contributed by atoms with van der Waals surface area (Å²) in [5.41, 5.74) is 10.4. The largest absolute Gasteiger partial charge is 0.480 e. The summed E-state index contributed by atoms with van der Waals surface area (Å²) < 4.78 is 0. The van der Waals surface area contributed by atoms with Crippen LogP contribution >= 0.6 is 0 Å². The van der Waals surface area contributed by atoms with Crippen molar-refractivity contribution in [1.29, 1.82) is 0 Å². The minimum Gasteiger partial charge on any atom is -0.480 e. The highest BCUT2D eigenvalue weighted by molar-refractivity contribution is 5.94. The zero-order valence-corrected chi connectivity index (χ0v) is 16.4. The van der Waals surface area contributed by atoms with E-state index >= 15 is 0 Å². The van der Waals surface area contributed by atoms with Crippen molar-refractivity contribution in [3.63, 3.8) is 0 Å². The molecule has 0 fully saturated rings. The average molecular weight is 419 g/mol. The van der Waals surface area contributed by atoms with Crippen LogP contribution in [0.5, 0.6) is 0 Å². The lowest BCUT2D eigenvalue weighted by atomic mass is 10.1. The highest BCUT2D eigenvalue weighted by atomic mass is 16.4. The summed E-state index contributed by atoms with van der Waals surface area (Å²) in [5.74, 6) is -4.86. The van der Waals surface area contributed by atoms with E-state index in [0.29, 0.717) is 0 Å². The first-order valence-corrected chi connectivity index (χ1v) is 8.81. The summed E-state index contributed by atoms with van der Waals surface area (Å²) in [5, 5.41) is 34.8. The smallest absolute Gasteiger partial charge is 0.326 e. The number of primary amides is 1. The Hall–Kier alpha value is -2.77. The van der Waals surface area contributed by atoms with Gasteiger partial charge in [-0.1, -0.05) is 0 Å². The second-order valence-electron chi connectivity index (χ2n) is 6.63. The number of carboxylic acid groups (broad SMARTS) is 1. The van der Waals surface area contributed by atoms with Gasteiger partial charge in [-0.3, -0.25) is 19.2 Å². The zero-order chi connectivity index (χ0) is 22.9. The molecule has 0 spiro atoms. The molecule has 13 nitrogen and oxygen atoms in total. The van der Waals surface area contributed by atoms with Gasteiger partial charge in [0.2, 0.25) is 23.6 Å². The average Bonchev–Trinajstić information content (AvgIpc) is 2.60. The SMILES string of the molecule is CC(NC(=O)C(N)C(C)O)C(=O)NC(C(=O)NC(CCC(N)=O)C(=O)O)C(C)O. The monoisotopic (exact) mass is 419 g/mol. The standard InChI is InChI=1S/C16H29N5O8/c1-6(19-14(26)11(18)7(2)22)13(25)21-12(8(3)23)15(27)20-9(16(28)29)4-5-10(17)24/h6-9,11-12,22-23H,4-5,18H2,1-3H3,(H2,17,24)(H,19,26)(H,20,27)(H,21,25)(H,28,29). The zero-order valence-electron chi connectivity index (χ0n) is 16.4. The van der Waals surface area contributed by atoms with Gasteiger partial charge in [-0.2, -0.15) is 0 Å². The van der Waals surface area contributed by atoms with Crippen molar-refractivity contribution in [2.24, 2.45) is 11.5 Å². The molecule has 0 aliphatic carbocycles. The topological polar surface area (TPSA) is 234 Å². The minimum absolute atomic E-state index is 0.277. The summed E-state index contributed by atoms with van der Waals surface area (Å²) in [6.07, 6.45) is -3.14. The van der Waals surface area contributed by atoms with Crippen LogP contribution in [-0.4, -0.2) is 81.3 Å². The quantitative estimate of drug-likeness (QED) is 0.153. The summed E-state index contributed by atoms with van der Waals surface area (Å²) in [4.78, 5) is 58.4. The number of aliphatic hydroxyl groups excluding tert-OH is 2. The molecule has 10 N–H and O–H groups in total. The lowest BCUT2D eigenvalue weighted by molar-refractivity contribution is -0.143. The number of carboxylic acids is 1. The molecule has 29 heavy (non-hydrogen) atoms. The molecule has 0 aliphatic heterocycles. The number of rotatable bonds is 12. The second-order valence-corrected chi connectivity index (χ2v) is 6.63. The van der Waals surface area contributed by atoms with Gasteiger partial charge in [0.05, 0.1) is 12.2 Å². The van der Waals surface area contributed by atoms with Crippen molar-refractivity contribution in [3.05, 3.63) is 0 Å². The molecule has 6 unspecified atom stereocenters. The third-order valence-corrected chi connectivity index (χ3v) is 3.93. The predicted molar refractivity (Wildman–Crippen MR) is 98.9 cm³/mol. The van der Waals surface area contributed by atoms with Crippen molar-refractivity contribution in [3.8, 4) is 0 Å². The first-order valence-electron chi connectivity index (χ1n) is 8.81. The summed E-state index contributed by atoms with van der Waals surface area (Å²) >= 11 is 0. The van der Waals surface area contributed by atoms with Gasteiger partial charge >= 0.3 is 5.97 Å². The van der Waals surface area contributed by atoms with Crippen molar-refractivity contribution < 1.29 is 39.3 Å². The number of carbonyl (C=O) groups is 5. The van der Waals surface area contributed by atoms with E-state index in [9.17, 15) is 34.2 Å². The number of hydrogen-bond donors (Lipinski definition) is 8. The fourth-order valence-electron chi connectivity index (χ4n) is 2.08. The maximum atomic E-state index is 12.3. The van der Waals surface area contributed by atoms with Crippen molar-refractivity contribution in [2.75, 3.05) is 0 Å².